The van der Waals surface area contributed by atoms with Gasteiger partial charge < -0.3 is 10.4 Å². The molecule has 2 atom stereocenters. The minimum atomic E-state index is -0.497. The van der Waals surface area contributed by atoms with Gasteiger partial charge in [0.15, 0.2) is 0 Å². The second kappa shape index (κ2) is 7.17. The highest BCUT2D eigenvalue weighted by Crippen LogP contribution is 2.18. The first-order valence-corrected chi connectivity index (χ1v) is 7.10. The number of hydrogen-bond acceptors (Lipinski definition) is 3. The van der Waals surface area contributed by atoms with Gasteiger partial charge in [0.25, 0.3) is 0 Å². The summed E-state index contributed by atoms with van der Waals surface area (Å²) in [5.41, 5.74) is 3.41. The summed E-state index contributed by atoms with van der Waals surface area (Å²) in [5, 5.41) is 13.7. The molecule has 2 unspecified atom stereocenters. The van der Waals surface area contributed by atoms with E-state index in [1.807, 2.05) is 31.2 Å². The third-order valence-electron chi connectivity index (χ3n) is 3.58. The van der Waals surface area contributed by atoms with Crippen LogP contribution in [0.5, 0.6) is 0 Å². The molecule has 0 aliphatic carbocycles. The molecule has 20 heavy (non-hydrogen) atoms. The third-order valence-corrected chi connectivity index (χ3v) is 3.58. The molecule has 2 aromatic rings. The van der Waals surface area contributed by atoms with Crippen LogP contribution in [0.15, 0.2) is 48.8 Å². The number of aliphatic hydroxyl groups excluding tert-OH is 1. The lowest BCUT2D eigenvalue weighted by Crippen LogP contribution is -2.31. The van der Waals surface area contributed by atoms with E-state index in [0.717, 1.165) is 18.5 Å². The van der Waals surface area contributed by atoms with Crippen molar-refractivity contribution in [2.75, 3.05) is 0 Å². The van der Waals surface area contributed by atoms with Crippen LogP contribution in [-0.4, -0.2) is 16.1 Å². The highest BCUT2D eigenvalue weighted by molar-refractivity contribution is 5.25. The molecule has 0 spiro atoms. The van der Waals surface area contributed by atoms with Crippen molar-refractivity contribution in [3.63, 3.8) is 0 Å². The number of aromatic nitrogens is 1. The average Bonchev–Trinajstić information content (AvgIpc) is 2.53. The first kappa shape index (κ1) is 14.7. The Bertz CT molecular complexity index is 510. The summed E-state index contributed by atoms with van der Waals surface area (Å²) in [4.78, 5) is 3.99. The van der Waals surface area contributed by atoms with Crippen molar-refractivity contribution < 1.29 is 5.11 Å². The SMILES string of the molecule is CCc1ccc(C(O)C(C)NCc2ccncc2)cc1. The molecule has 1 heterocycles. The van der Waals surface area contributed by atoms with E-state index < -0.39 is 6.10 Å². The van der Waals surface area contributed by atoms with Gasteiger partial charge in [-0.3, -0.25) is 4.98 Å². The number of aliphatic hydroxyl groups is 1. The van der Waals surface area contributed by atoms with E-state index in [-0.39, 0.29) is 6.04 Å². The summed E-state index contributed by atoms with van der Waals surface area (Å²) < 4.78 is 0. The molecular weight excluding hydrogens is 248 g/mol. The summed E-state index contributed by atoms with van der Waals surface area (Å²) in [7, 11) is 0. The largest absolute Gasteiger partial charge is 0.387 e. The summed E-state index contributed by atoms with van der Waals surface area (Å²) in [6.07, 6.45) is 4.08. The summed E-state index contributed by atoms with van der Waals surface area (Å²) in [6.45, 7) is 4.86. The maximum Gasteiger partial charge on any atom is 0.0940 e. The van der Waals surface area contributed by atoms with Gasteiger partial charge in [-0.1, -0.05) is 31.2 Å². The zero-order valence-corrected chi connectivity index (χ0v) is 12.1. The van der Waals surface area contributed by atoms with Crippen molar-refractivity contribution in [1.82, 2.24) is 10.3 Å². The number of nitrogens with zero attached hydrogens (tertiary/aromatic N) is 1. The molecule has 3 nitrogen and oxygen atoms in total. The van der Waals surface area contributed by atoms with Crippen molar-refractivity contribution in [1.29, 1.82) is 0 Å². The molecule has 2 rings (SSSR count). The van der Waals surface area contributed by atoms with Crippen LogP contribution in [0.2, 0.25) is 0 Å². The average molecular weight is 270 g/mol. The molecular formula is C17H22N2O. The normalized spacial score (nSPS) is 13.9. The molecule has 3 heteroatoms. The van der Waals surface area contributed by atoms with E-state index in [9.17, 15) is 5.11 Å². The minimum Gasteiger partial charge on any atom is -0.387 e. The van der Waals surface area contributed by atoms with Crippen molar-refractivity contribution in [3.8, 4) is 0 Å². The highest BCUT2D eigenvalue weighted by atomic mass is 16.3. The molecule has 1 aromatic carbocycles. The Hall–Kier alpha value is -1.71. The molecule has 2 N–H and O–H groups in total. The van der Waals surface area contributed by atoms with Gasteiger partial charge in [0.05, 0.1) is 6.10 Å². The Balaban J connectivity index is 1.92. The minimum absolute atomic E-state index is 0.00404. The molecule has 0 bridgehead atoms. The standard InChI is InChI=1S/C17H22N2O/c1-3-14-4-6-16(7-5-14)17(20)13(2)19-12-15-8-10-18-11-9-15/h4-11,13,17,19-20H,3,12H2,1-2H3. The Morgan fingerprint density at radius 1 is 1.05 bits per heavy atom. The molecule has 106 valence electrons. The van der Waals surface area contributed by atoms with Gasteiger partial charge in [0.2, 0.25) is 0 Å². The first-order valence-electron chi connectivity index (χ1n) is 7.10. The molecule has 0 fully saturated rings. The molecule has 0 amide bonds. The molecule has 0 radical (unpaired) electrons. The monoisotopic (exact) mass is 270 g/mol. The summed E-state index contributed by atoms with van der Waals surface area (Å²) in [5.74, 6) is 0. The Labute approximate surface area is 120 Å². The van der Waals surface area contributed by atoms with Crippen LogP contribution in [0.25, 0.3) is 0 Å². The Kier molecular flexibility index (Phi) is 5.27. The van der Waals surface area contributed by atoms with Crippen LogP contribution >= 0.6 is 0 Å². The molecule has 0 saturated heterocycles. The zero-order valence-electron chi connectivity index (χ0n) is 12.1. The number of rotatable bonds is 6. The second-order valence-corrected chi connectivity index (χ2v) is 5.07. The van der Waals surface area contributed by atoms with Crippen LogP contribution < -0.4 is 5.32 Å². The van der Waals surface area contributed by atoms with Gasteiger partial charge in [-0.2, -0.15) is 0 Å². The van der Waals surface area contributed by atoms with Gasteiger partial charge >= 0.3 is 0 Å². The van der Waals surface area contributed by atoms with E-state index in [4.69, 9.17) is 0 Å². The lowest BCUT2D eigenvalue weighted by molar-refractivity contribution is 0.135. The van der Waals surface area contributed by atoms with Gasteiger partial charge in [-0.05, 0) is 42.2 Å². The van der Waals surface area contributed by atoms with Crippen LogP contribution in [-0.2, 0) is 13.0 Å². The fourth-order valence-corrected chi connectivity index (χ4v) is 2.13. The molecule has 0 aliphatic heterocycles. The van der Waals surface area contributed by atoms with E-state index in [1.165, 1.54) is 11.1 Å². The summed E-state index contributed by atoms with van der Waals surface area (Å²) in [6, 6.07) is 12.1. The van der Waals surface area contributed by atoms with Crippen molar-refractivity contribution in [3.05, 3.63) is 65.5 Å². The predicted octanol–water partition coefficient (Wildman–Crippen LogP) is 2.86. The maximum absolute atomic E-state index is 10.4. The fraction of sp³-hybridized carbons (Fsp3) is 0.353. The lowest BCUT2D eigenvalue weighted by Gasteiger charge is -2.21. The quantitative estimate of drug-likeness (QED) is 0.848. The smallest absolute Gasteiger partial charge is 0.0940 e. The second-order valence-electron chi connectivity index (χ2n) is 5.07. The lowest BCUT2D eigenvalue weighted by atomic mass is 10.0. The van der Waals surface area contributed by atoms with Crippen LogP contribution in [0, 0.1) is 0 Å². The van der Waals surface area contributed by atoms with Crippen molar-refractivity contribution in [2.45, 2.75) is 39.0 Å². The summed E-state index contributed by atoms with van der Waals surface area (Å²) >= 11 is 0. The fourth-order valence-electron chi connectivity index (χ4n) is 2.13. The van der Waals surface area contributed by atoms with Gasteiger partial charge in [0, 0.05) is 25.0 Å². The van der Waals surface area contributed by atoms with E-state index in [0.29, 0.717) is 0 Å². The van der Waals surface area contributed by atoms with E-state index >= 15 is 0 Å². The number of hydrogen-bond donors (Lipinski definition) is 2. The Morgan fingerprint density at radius 2 is 1.70 bits per heavy atom. The highest BCUT2D eigenvalue weighted by Gasteiger charge is 2.15. The maximum atomic E-state index is 10.4. The van der Waals surface area contributed by atoms with Crippen LogP contribution in [0.3, 0.4) is 0 Å². The van der Waals surface area contributed by atoms with Crippen LogP contribution in [0.1, 0.15) is 36.6 Å². The van der Waals surface area contributed by atoms with Gasteiger partial charge in [-0.15, -0.1) is 0 Å². The van der Waals surface area contributed by atoms with Gasteiger partial charge in [-0.25, -0.2) is 0 Å². The molecule has 0 saturated carbocycles. The van der Waals surface area contributed by atoms with E-state index in [2.05, 4.69) is 29.4 Å². The van der Waals surface area contributed by atoms with Gasteiger partial charge in [0.1, 0.15) is 0 Å². The topological polar surface area (TPSA) is 45.1 Å². The number of aryl methyl sites for hydroxylation is 1. The number of nitrogens with one attached hydrogen (secondary N) is 1. The van der Waals surface area contributed by atoms with Crippen LogP contribution in [0.4, 0.5) is 0 Å². The number of benzene rings is 1. The molecule has 1 aromatic heterocycles. The van der Waals surface area contributed by atoms with E-state index in [1.54, 1.807) is 12.4 Å². The molecule has 0 aliphatic rings. The zero-order chi connectivity index (χ0) is 14.4. The number of pyridine rings is 1. The van der Waals surface area contributed by atoms with Crippen molar-refractivity contribution >= 4 is 0 Å². The van der Waals surface area contributed by atoms with Crippen molar-refractivity contribution in [2.24, 2.45) is 0 Å². The first-order chi connectivity index (χ1) is 9.70. The predicted molar refractivity (Wildman–Crippen MR) is 81.3 cm³/mol. The third kappa shape index (κ3) is 3.89. The Morgan fingerprint density at radius 3 is 2.30 bits per heavy atom.